The molecule has 3 heterocycles. The lowest BCUT2D eigenvalue weighted by atomic mass is 9.99. The largest absolute Gasteiger partial charge is 0.345 e. The number of amides is 2. The molecule has 192 valence electrons. The van der Waals surface area contributed by atoms with Gasteiger partial charge in [-0.15, -0.1) is 11.3 Å². The molecule has 9 heteroatoms. The molecule has 0 spiro atoms. The molecule has 2 amide bonds. The molecule has 3 aromatic heterocycles. The molecular weight excluding hydrogens is 496 g/mol. The van der Waals surface area contributed by atoms with Gasteiger partial charge in [-0.2, -0.15) is 5.10 Å². The van der Waals surface area contributed by atoms with Gasteiger partial charge in [0.25, 0.3) is 11.8 Å². The lowest BCUT2D eigenvalue weighted by Gasteiger charge is -2.19. The van der Waals surface area contributed by atoms with Crippen LogP contribution in [0.3, 0.4) is 0 Å². The van der Waals surface area contributed by atoms with Crippen molar-refractivity contribution >= 4 is 34.1 Å². The Labute approximate surface area is 225 Å². The van der Waals surface area contributed by atoms with Gasteiger partial charge >= 0.3 is 0 Å². The predicted octanol–water partition coefficient (Wildman–Crippen LogP) is 5.16. The van der Waals surface area contributed by atoms with Crippen molar-refractivity contribution in [2.75, 3.05) is 7.05 Å². The van der Waals surface area contributed by atoms with Crippen molar-refractivity contribution < 1.29 is 9.59 Å². The first-order chi connectivity index (χ1) is 18.3. The lowest BCUT2D eigenvalue weighted by molar-refractivity contribution is 0.0782. The van der Waals surface area contributed by atoms with Crippen LogP contribution in [-0.4, -0.2) is 43.5 Å². The fourth-order valence-corrected chi connectivity index (χ4v) is 5.07. The molecule has 0 radical (unpaired) electrons. The maximum absolute atomic E-state index is 13.3. The first-order valence-corrected chi connectivity index (χ1v) is 13.2. The SMILES string of the molecule is Cc1cc(C(=O)N(C)Cc2cscn2)ccc1C(=O)N[C@H](C)c1cc(-c2cnn(C)c2)nc2ccccc12. The number of carbonyl (C=O) groups excluding carboxylic acids is 2. The van der Waals surface area contributed by atoms with Crippen LogP contribution in [0.4, 0.5) is 0 Å². The number of aromatic nitrogens is 4. The zero-order valence-electron chi connectivity index (χ0n) is 21.7. The predicted molar refractivity (Wildman–Crippen MR) is 149 cm³/mol. The topological polar surface area (TPSA) is 93.0 Å². The Morgan fingerprint density at radius 2 is 1.97 bits per heavy atom. The number of fused-ring (bicyclic) bond motifs is 1. The maximum atomic E-state index is 13.3. The van der Waals surface area contributed by atoms with Gasteiger partial charge < -0.3 is 10.2 Å². The van der Waals surface area contributed by atoms with E-state index >= 15 is 0 Å². The molecular formula is C29H28N6O2S. The average Bonchev–Trinajstić information content (AvgIpc) is 3.59. The third-order valence-electron chi connectivity index (χ3n) is 6.51. The highest BCUT2D eigenvalue weighted by Crippen LogP contribution is 2.29. The minimum absolute atomic E-state index is 0.118. The molecule has 0 unspecified atom stereocenters. The van der Waals surface area contributed by atoms with Crippen LogP contribution in [0, 0.1) is 6.92 Å². The Morgan fingerprint density at radius 3 is 2.68 bits per heavy atom. The number of thiazole rings is 1. The van der Waals surface area contributed by atoms with Crippen LogP contribution < -0.4 is 5.32 Å². The summed E-state index contributed by atoms with van der Waals surface area (Å²) in [6.45, 7) is 4.24. The summed E-state index contributed by atoms with van der Waals surface area (Å²) in [5.41, 5.74) is 7.93. The molecule has 0 fully saturated rings. The van der Waals surface area contributed by atoms with E-state index in [0.717, 1.165) is 39.0 Å². The quantitative estimate of drug-likeness (QED) is 0.317. The van der Waals surface area contributed by atoms with Crippen molar-refractivity contribution in [1.82, 2.24) is 30.0 Å². The summed E-state index contributed by atoms with van der Waals surface area (Å²) in [4.78, 5) is 36.9. The molecule has 38 heavy (non-hydrogen) atoms. The summed E-state index contributed by atoms with van der Waals surface area (Å²) in [5.74, 6) is -0.318. The van der Waals surface area contributed by atoms with E-state index in [0.29, 0.717) is 17.7 Å². The number of aryl methyl sites for hydroxylation is 2. The molecule has 0 aliphatic heterocycles. The second-order valence-corrected chi connectivity index (χ2v) is 10.1. The van der Waals surface area contributed by atoms with Crippen molar-refractivity contribution in [2.24, 2.45) is 7.05 Å². The van der Waals surface area contributed by atoms with Gasteiger partial charge in [-0.05, 0) is 55.3 Å². The average molecular weight is 525 g/mol. The molecule has 1 atom stereocenters. The second kappa shape index (κ2) is 10.5. The van der Waals surface area contributed by atoms with Crippen LogP contribution in [0.25, 0.3) is 22.2 Å². The van der Waals surface area contributed by atoms with E-state index in [2.05, 4.69) is 15.4 Å². The van der Waals surface area contributed by atoms with Crippen molar-refractivity contribution in [3.63, 3.8) is 0 Å². The highest BCUT2D eigenvalue weighted by atomic mass is 32.1. The van der Waals surface area contributed by atoms with Crippen LogP contribution in [0.5, 0.6) is 0 Å². The first kappa shape index (κ1) is 25.3. The molecule has 0 saturated heterocycles. The minimum atomic E-state index is -0.282. The smallest absolute Gasteiger partial charge is 0.253 e. The molecule has 1 N–H and O–H groups in total. The fourth-order valence-electron chi connectivity index (χ4n) is 4.52. The fraction of sp³-hybridized carbons (Fsp3) is 0.207. The zero-order valence-corrected chi connectivity index (χ0v) is 22.5. The molecule has 2 aromatic carbocycles. The van der Waals surface area contributed by atoms with Gasteiger partial charge in [-0.25, -0.2) is 9.97 Å². The number of hydrogen-bond acceptors (Lipinski definition) is 6. The molecule has 0 saturated carbocycles. The van der Waals surface area contributed by atoms with Gasteiger partial charge in [-0.3, -0.25) is 14.3 Å². The Bertz CT molecular complexity index is 1630. The van der Waals surface area contributed by atoms with Crippen LogP contribution in [0.2, 0.25) is 0 Å². The number of para-hydroxylation sites is 1. The van der Waals surface area contributed by atoms with E-state index in [9.17, 15) is 9.59 Å². The van der Waals surface area contributed by atoms with Crippen LogP contribution >= 0.6 is 11.3 Å². The van der Waals surface area contributed by atoms with Crippen LogP contribution in [0.1, 0.15) is 50.5 Å². The Kier molecular flexibility index (Phi) is 7.02. The third-order valence-corrected chi connectivity index (χ3v) is 7.15. The van der Waals surface area contributed by atoms with E-state index in [1.807, 2.05) is 62.8 Å². The van der Waals surface area contributed by atoms with Crippen molar-refractivity contribution in [3.05, 3.63) is 99.8 Å². The summed E-state index contributed by atoms with van der Waals surface area (Å²) in [6.07, 6.45) is 3.70. The van der Waals surface area contributed by atoms with Gasteiger partial charge in [-0.1, -0.05) is 18.2 Å². The normalized spacial score (nSPS) is 11.9. The first-order valence-electron chi connectivity index (χ1n) is 12.2. The van der Waals surface area contributed by atoms with E-state index in [1.54, 1.807) is 46.5 Å². The number of carbonyl (C=O) groups is 2. The Balaban J connectivity index is 1.37. The Hall–Kier alpha value is -4.37. The van der Waals surface area contributed by atoms with E-state index < -0.39 is 0 Å². The monoisotopic (exact) mass is 524 g/mol. The third kappa shape index (κ3) is 5.19. The highest BCUT2D eigenvalue weighted by Gasteiger charge is 2.20. The summed E-state index contributed by atoms with van der Waals surface area (Å²) in [7, 11) is 3.62. The summed E-state index contributed by atoms with van der Waals surface area (Å²) in [6, 6.07) is 14.8. The van der Waals surface area contributed by atoms with Crippen molar-refractivity contribution in [1.29, 1.82) is 0 Å². The standard InChI is InChI=1S/C29H28N6O2S/c1-18-11-20(29(37)34(3)15-22-16-38-17-30-22)9-10-23(18)28(36)32-19(2)25-12-27(21-13-31-35(4)14-21)33-26-8-6-5-7-24(25)26/h5-14,16-17,19H,15H2,1-4H3,(H,32,36)/t19-/m1/s1. The maximum Gasteiger partial charge on any atom is 0.253 e. The van der Waals surface area contributed by atoms with E-state index in [-0.39, 0.29) is 17.9 Å². The summed E-state index contributed by atoms with van der Waals surface area (Å²) in [5, 5.41) is 10.3. The van der Waals surface area contributed by atoms with Crippen molar-refractivity contribution in [2.45, 2.75) is 26.4 Å². The van der Waals surface area contributed by atoms with Crippen LogP contribution in [-0.2, 0) is 13.6 Å². The number of benzene rings is 2. The van der Waals surface area contributed by atoms with E-state index in [4.69, 9.17) is 4.98 Å². The van der Waals surface area contributed by atoms with E-state index in [1.165, 1.54) is 11.3 Å². The number of hydrogen-bond donors (Lipinski definition) is 1. The molecule has 0 bridgehead atoms. The number of nitrogens with one attached hydrogen (secondary N) is 1. The Morgan fingerprint density at radius 1 is 1.16 bits per heavy atom. The minimum Gasteiger partial charge on any atom is -0.345 e. The number of nitrogens with zero attached hydrogens (tertiary/aromatic N) is 5. The van der Waals surface area contributed by atoms with Crippen molar-refractivity contribution in [3.8, 4) is 11.3 Å². The molecule has 0 aliphatic carbocycles. The molecule has 5 aromatic rings. The molecule has 5 rings (SSSR count). The summed E-state index contributed by atoms with van der Waals surface area (Å²) >= 11 is 1.50. The van der Waals surface area contributed by atoms with Gasteiger partial charge in [0.2, 0.25) is 0 Å². The summed E-state index contributed by atoms with van der Waals surface area (Å²) < 4.78 is 1.74. The highest BCUT2D eigenvalue weighted by molar-refractivity contribution is 7.07. The lowest BCUT2D eigenvalue weighted by Crippen LogP contribution is -2.28. The number of rotatable bonds is 7. The molecule has 8 nitrogen and oxygen atoms in total. The molecule has 0 aliphatic rings. The zero-order chi connectivity index (χ0) is 26.8. The van der Waals surface area contributed by atoms with Gasteiger partial charge in [0.05, 0.1) is 41.2 Å². The van der Waals surface area contributed by atoms with Gasteiger partial charge in [0.1, 0.15) is 0 Å². The van der Waals surface area contributed by atoms with Gasteiger partial charge in [0, 0.05) is 47.7 Å². The van der Waals surface area contributed by atoms with Gasteiger partial charge in [0.15, 0.2) is 0 Å². The number of pyridine rings is 1. The van der Waals surface area contributed by atoms with Crippen LogP contribution in [0.15, 0.2) is 71.8 Å². The second-order valence-electron chi connectivity index (χ2n) is 9.38.